The molecular weight excluding hydrogens is 358 g/mol. The number of benzene rings is 2. The van der Waals surface area contributed by atoms with Crippen LogP contribution in [0.15, 0.2) is 54.6 Å². The van der Waals surface area contributed by atoms with Crippen LogP contribution >= 0.6 is 0 Å². The van der Waals surface area contributed by atoms with Gasteiger partial charge in [0.2, 0.25) is 0 Å². The van der Waals surface area contributed by atoms with Gasteiger partial charge in [0.15, 0.2) is 11.7 Å². The molecule has 3 rings (SSSR count). The monoisotopic (exact) mass is 379 g/mol. The van der Waals surface area contributed by atoms with E-state index in [9.17, 15) is 14.7 Å². The fraction of sp³-hybridized carbons (Fsp3) is 0.286. The SMILES string of the molecule is CN1CCO[C@](Cc2ccccc2)([C@@H](O)C(=O)Nc2ccc(C#N)cc2)C1=O. The average Bonchev–Trinajstić information content (AvgIpc) is 2.72. The maximum atomic E-state index is 13.0. The Labute approximate surface area is 163 Å². The lowest BCUT2D eigenvalue weighted by Crippen LogP contribution is -2.65. The second-order valence-electron chi connectivity index (χ2n) is 6.71. The molecule has 0 bridgehead atoms. The van der Waals surface area contributed by atoms with Crippen molar-refractivity contribution in [1.82, 2.24) is 4.90 Å². The molecule has 2 aromatic rings. The van der Waals surface area contributed by atoms with Gasteiger partial charge in [0.25, 0.3) is 11.8 Å². The molecule has 1 aliphatic heterocycles. The largest absolute Gasteiger partial charge is 0.380 e. The fourth-order valence-corrected chi connectivity index (χ4v) is 3.22. The summed E-state index contributed by atoms with van der Waals surface area (Å²) in [6.07, 6.45) is -1.64. The van der Waals surface area contributed by atoms with Gasteiger partial charge in [-0.2, -0.15) is 5.26 Å². The maximum absolute atomic E-state index is 13.0. The van der Waals surface area contributed by atoms with E-state index in [1.807, 2.05) is 36.4 Å². The number of likely N-dealkylation sites (N-methyl/N-ethyl adjacent to an activating group) is 1. The first-order chi connectivity index (χ1) is 13.5. The van der Waals surface area contributed by atoms with Crippen molar-refractivity contribution < 1.29 is 19.4 Å². The van der Waals surface area contributed by atoms with Crippen LogP contribution in [0.1, 0.15) is 11.1 Å². The smallest absolute Gasteiger partial charge is 0.258 e. The Balaban J connectivity index is 1.87. The van der Waals surface area contributed by atoms with E-state index in [1.54, 1.807) is 31.3 Å². The molecule has 2 N–H and O–H groups in total. The van der Waals surface area contributed by atoms with Crippen LogP contribution < -0.4 is 5.32 Å². The third-order valence-electron chi connectivity index (χ3n) is 4.78. The third kappa shape index (κ3) is 3.88. The molecular formula is C21H21N3O4. The zero-order valence-corrected chi connectivity index (χ0v) is 15.5. The van der Waals surface area contributed by atoms with Crippen molar-refractivity contribution in [1.29, 1.82) is 5.26 Å². The molecule has 0 spiro atoms. The molecule has 2 amide bonds. The number of nitriles is 1. The number of anilines is 1. The minimum Gasteiger partial charge on any atom is -0.380 e. The van der Waals surface area contributed by atoms with Gasteiger partial charge in [0.1, 0.15) is 0 Å². The number of aliphatic hydroxyl groups excluding tert-OH is 1. The number of carbonyl (C=O) groups excluding carboxylic acids is 2. The molecule has 0 aliphatic carbocycles. The van der Waals surface area contributed by atoms with E-state index >= 15 is 0 Å². The van der Waals surface area contributed by atoms with Crippen molar-refractivity contribution in [2.75, 3.05) is 25.5 Å². The maximum Gasteiger partial charge on any atom is 0.258 e. The summed E-state index contributed by atoms with van der Waals surface area (Å²) in [6.45, 7) is 0.607. The normalized spacial score (nSPS) is 20.3. The minimum atomic E-state index is -1.71. The first-order valence-corrected chi connectivity index (χ1v) is 8.89. The molecule has 144 valence electrons. The number of ether oxygens (including phenoxy) is 1. The van der Waals surface area contributed by atoms with Crippen molar-refractivity contribution >= 4 is 17.5 Å². The number of nitrogens with zero attached hydrogens (tertiary/aromatic N) is 2. The van der Waals surface area contributed by atoms with Crippen LogP contribution in [0.4, 0.5) is 5.69 Å². The van der Waals surface area contributed by atoms with Gasteiger partial charge in [-0.15, -0.1) is 0 Å². The molecule has 1 heterocycles. The van der Waals surface area contributed by atoms with E-state index in [-0.39, 0.29) is 13.0 Å². The van der Waals surface area contributed by atoms with E-state index in [4.69, 9.17) is 10.00 Å². The minimum absolute atomic E-state index is 0.0684. The molecule has 1 fully saturated rings. The van der Waals surface area contributed by atoms with Crippen LogP contribution in [0.2, 0.25) is 0 Å². The second kappa shape index (κ2) is 8.21. The van der Waals surface area contributed by atoms with E-state index in [2.05, 4.69) is 5.32 Å². The molecule has 7 nitrogen and oxygen atoms in total. The Morgan fingerprint density at radius 3 is 2.61 bits per heavy atom. The Morgan fingerprint density at radius 2 is 1.96 bits per heavy atom. The molecule has 1 aliphatic rings. The van der Waals surface area contributed by atoms with Gasteiger partial charge in [-0.1, -0.05) is 30.3 Å². The molecule has 28 heavy (non-hydrogen) atoms. The highest BCUT2D eigenvalue weighted by Gasteiger charge is 2.53. The zero-order valence-electron chi connectivity index (χ0n) is 15.5. The van der Waals surface area contributed by atoms with Crippen molar-refractivity contribution in [2.24, 2.45) is 0 Å². The Bertz CT molecular complexity index is 892. The topological polar surface area (TPSA) is 103 Å². The number of aliphatic hydroxyl groups is 1. The summed E-state index contributed by atoms with van der Waals surface area (Å²) in [5, 5.41) is 22.3. The van der Waals surface area contributed by atoms with Crippen LogP contribution in [0, 0.1) is 11.3 Å². The Hall–Kier alpha value is -3.21. The number of rotatable bonds is 5. The highest BCUT2D eigenvalue weighted by atomic mass is 16.5. The summed E-state index contributed by atoms with van der Waals surface area (Å²) >= 11 is 0. The first kappa shape index (κ1) is 19.5. The molecule has 2 atom stereocenters. The van der Waals surface area contributed by atoms with Gasteiger partial charge in [-0.3, -0.25) is 9.59 Å². The zero-order chi connectivity index (χ0) is 20.1. The highest BCUT2D eigenvalue weighted by molar-refractivity contribution is 6.01. The number of carbonyl (C=O) groups is 2. The number of hydrogen-bond donors (Lipinski definition) is 2. The molecule has 2 aromatic carbocycles. The Morgan fingerprint density at radius 1 is 1.29 bits per heavy atom. The van der Waals surface area contributed by atoms with Gasteiger partial charge in [-0.05, 0) is 29.8 Å². The van der Waals surface area contributed by atoms with E-state index < -0.39 is 23.5 Å². The summed E-state index contributed by atoms with van der Waals surface area (Å²) < 4.78 is 5.76. The van der Waals surface area contributed by atoms with E-state index in [1.165, 1.54) is 4.90 Å². The summed E-state index contributed by atoms with van der Waals surface area (Å²) in [7, 11) is 1.62. The van der Waals surface area contributed by atoms with Gasteiger partial charge in [0.05, 0.1) is 18.2 Å². The average molecular weight is 379 g/mol. The lowest BCUT2D eigenvalue weighted by molar-refractivity contribution is -0.190. The standard InChI is InChI=1S/C21H21N3O4/c1-24-11-12-28-21(20(24)27,13-15-5-3-2-4-6-15)18(25)19(26)23-17-9-7-16(14-22)8-10-17/h2-10,18,25H,11-13H2,1H3,(H,23,26)/t18-,21+/m0/s1. The molecule has 0 unspecified atom stereocenters. The van der Waals surface area contributed by atoms with Gasteiger partial charge in [0, 0.05) is 25.7 Å². The predicted octanol–water partition coefficient (Wildman–Crippen LogP) is 1.33. The number of hydrogen-bond acceptors (Lipinski definition) is 5. The van der Waals surface area contributed by atoms with Gasteiger partial charge in [-0.25, -0.2) is 0 Å². The van der Waals surface area contributed by atoms with E-state index in [0.717, 1.165) is 5.56 Å². The third-order valence-corrected chi connectivity index (χ3v) is 4.78. The predicted molar refractivity (Wildman–Crippen MR) is 102 cm³/mol. The fourth-order valence-electron chi connectivity index (χ4n) is 3.22. The number of amides is 2. The van der Waals surface area contributed by atoms with Crippen LogP contribution in [-0.2, 0) is 20.7 Å². The summed E-state index contributed by atoms with van der Waals surface area (Å²) in [4.78, 5) is 27.2. The molecule has 0 saturated carbocycles. The van der Waals surface area contributed by atoms with Crippen molar-refractivity contribution in [3.05, 3.63) is 65.7 Å². The first-order valence-electron chi connectivity index (χ1n) is 8.89. The molecule has 7 heteroatoms. The van der Waals surface area contributed by atoms with Crippen LogP contribution in [0.3, 0.4) is 0 Å². The van der Waals surface area contributed by atoms with Crippen molar-refractivity contribution in [3.8, 4) is 6.07 Å². The quantitative estimate of drug-likeness (QED) is 0.816. The number of morpholine rings is 1. The van der Waals surface area contributed by atoms with Crippen molar-refractivity contribution in [2.45, 2.75) is 18.1 Å². The van der Waals surface area contributed by atoms with Crippen LogP contribution in [0.25, 0.3) is 0 Å². The van der Waals surface area contributed by atoms with Gasteiger partial charge < -0.3 is 20.1 Å². The van der Waals surface area contributed by atoms with Gasteiger partial charge >= 0.3 is 0 Å². The van der Waals surface area contributed by atoms with Crippen LogP contribution in [0.5, 0.6) is 0 Å². The number of nitrogens with one attached hydrogen (secondary N) is 1. The lowest BCUT2D eigenvalue weighted by atomic mass is 9.85. The summed E-state index contributed by atoms with van der Waals surface area (Å²) in [5.74, 6) is -1.19. The van der Waals surface area contributed by atoms with Crippen molar-refractivity contribution in [3.63, 3.8) is 0 Å². The highest BCUT2D eigenvalue weighted by Crippen LogP contribution is 2.29. The van der Waals surface area contributed by atoms with E-state index in [0.29, 0.717) is 17.8 Å². The summed E-state index contributed by atoms with van der Waals surface area (Å²) in [5.41, 5.74) is -0.0669. The molecule has 0 aromatic heterocycles. The molecule has 1 saturated heterocycles. The Kier molecular flexibility index (Phi) is 5.73. The lowest BCUT2D eigenvalue weighted by Gasteiger charge is -2.42. The molecule has 0 radical (unpaired) electrons. The van der Waals surface area contributed by atoms with Crippen LogP contribution in [-0.4, -0.2) is 53.7 Å². The second-order valence-corrected chi connectivity index (χ2v) is 6.71. The summed E-state index contributed by atoms with van der Waals surface area (Å²) in [6, 6.07) is 17.3.